The van der Waals surface area contributed by atoms with Gasteiger partial charge in [0.1, 0.15) is 5.75 Å². The number of fused-ring (bicyclic) bond motifs is 1. The van der Waals surface area contributed by atoms with Crippen molar-refractivity contribution in [3.63, 3.8) is 0 Å². The summed E-state index contributed by atoms with van der Waals surface area (Å²) in [4.78, 5) is 37.2. The average molecular weight is 427 g/mol. The van der Waals surface area contributed by atoms with Crippen LogP contribution in [0.15, 0.2) is 16.9 Å². The summed E-state index contributed by atoms with van der Waals surface area (Å²) in [6.45, 7) is 7.22. The van der Waals surface area contributed by atoms with Gasteiger partial charge in [-0.15, -0.1) is 0 Å². The van der Waals surface area contributed by atoms with Crippen LogP contribution in [0.2, 0.25) is 0 Å². The fourth-order valence-corrected chi connectivity index (χ4v) is 4.45. The summed E-state index contributed by atoms with van der Waals surface area (Å²) < 4.78 is 10.9. The number of methoxy groups -OCH3 is 1. The van der Waals surface area contributed by atoms with Gasteiger partial charge in [0.15, 0.2) is 0 Å². The van der Waals surface area contributed by atoms with E-state index in [2.05, 4.69) is 16.9 Å². The van der Waals surface area contributed by atoms with Crippen LogP contribution in [0.5, 0.6) is 5.75 Å². The highest BCUT2D eigenvalue weighted by atomic mass is 16.5. The molecule has 0 unspecified atom stereocenters. The highest BCUT2D eigenvalue weighted by Crippen LogP contribution is 2.38. The van der Waals surface area contributed by atoms with Crippen LogP contribution in [-0.2, 0) is 22.4 Å². The van der Waals surface area contributed by atoms with Crippen LogP contribution in [-0.4, -0.2) is 55.8 Å². The topological polar surface area (TPSA) is 87.8 Å². The minimum atomic E-state index is -0.172. The normalized spacial score (nSPS) is 16.2. The molecular formula is C23H30N4O4. The van der Waals surface area contributed by atoms with E-state index < -0.39 is 0 Å². The lowest BCUT2D eigenvalue weighted by atomic mass is 9.95. The first-order valence-corrected chi connectivity index (χ1v) is 10.9. The van der Waals surface area contributed by atoms with E-state index in [1.165, 1.54) is 11.1 Å². The number of amides is 1. The van der Waals surface area contributed by atoms with Gasteiger partial charge in [-0.2, -0.15) is 0 Å². The largest absolute Gasteiger partial charge is 0.495 e. The maximum Gasteiger partial charge on any atom is 0.255 e. The summed E-state index contributed by atoms with van der Waals surface area (Å²) in [6.07, 6.45) is 2.46. The Morgan fingerprint density at radius 3 is 2.71 bits per heavy atom. The molecule has 2 aliphatic heterocycles. The number of hydrogen-bond donors (Lipinski definition) is 1. The van der Waals surface area contributed by atoms with Crippen molar-refractivity contribution in [1.82, 2.24) is 9.97 Å². The fourth-order valence-electron chi connectivity index (χ4n) is 4.45. The lowest BCUT2D eigenvalue weighted by molar-refractivity contribution is -0.118. The molecule has 2 aliphatic rings. The Kier molecular flexibility index (Phi) is 6.27. The van der Waals surface area contributed by atoms with Gasteiger partial charge in [-0.25, -0.2) is 4.98 Å². The van der Waals surface area contributed by atoms with E-state index in [0.29, 0.717) is 56.5 Å². The number of aryl methyl sites for hydroxylation is 2. The van der Waals surface area contributed by atoms with E-state index in [4.69, 9.17) is 9.47 Å². The third-order valence-electron chi connectivity index (χ3n) is 6.19. The van der Waals surface area contributed by atoms with Crippen molar-refractivity contribution < 1.29 is 14.3 Å². The van der Waals surface area contributed by atoms with Crippen LogP contribution >= 0.6 is 0 Å². The number of benzene rings is 1. The zero-order valence-corrected chi connectivity index (χ0v) is 18.5. The number of nitrogens with zero attached hydrogens (tertiary/aromatic N) is 3. The third kappa shape index (κ3) is 4.30. The van der Waals surface area contributed by atoms with E-state index in [0.717, 1.165) is 24.3 Å². The van der Waals surface area contributed by atoms with Gasteiger partial charge in [0.25, 0.3) is 5.56 Å². The van der Waals surface area contributed by atoms with Crippen molar-refractivity contribution in [1.29, 1.82) is 0 Å². The number of rotatable bonds is 5. The van der Waals surface area contributed by atoms with E-state index in [-0.39, 0.29) is 17.9 Å². The number of morpholine rings is 1. The number of nitrogens with one attached hydrogen (secondary N) is 1. The zero-order valence-electron chi connectivity index (χ0n) is 18.5. The number of carbonyl (C=O) groups is 1. The van der Waals surface area contributed by atoms with Crippen LogP contribution in [0, 0.1) is 13.8 Å². The molecule has 3 heterocycles. The number of carbonyl (C=O) groups excluding carboxylic acids is 1. The number of anilines is 2. The van der Waals surface area contributed by atoms with Gasteiger partial charge in [0.2, 0.25) is 11.9 Å². The Morgan fingerprint density at radius 1 is 1.23 bits per heavy atom. The Hall–Kier alpha value is -2.87. The van der Waals surface area contributed by atoms with E-state index in [1.807, 2.05) is 28.9 Å². The Balaban J connectivity index is 1.51. The minimum absolute atomic E-state index is 0.000839. The van der Waals surface area contributed by atoms with Gasteiger partial charge < -0.3 is 19.3 Å². The maximum atomic E-state index is 13.2. The van der Waals surface area contributed by atoms with Crippen molar-refractivity contribution >= 4 is 17.5 Å². The summed E-state index contributed by atoms with van der Waals surface area (Å²) in [5, 5.41) is 0. The average Bonchev–Trinajstić information content (AvgIpc) is 2.79. The number of aromatic nitrogens is 2. The molecule has 1 aromatic heterocycles. The summed E-state index contributed by atoms with van der Waals surface area (Å²) >= 11 is 0. The number of H-pyrrole nitrogens is 1. The Morgan fingerprint density at radius 2 is 2.00 bits per heavy atom. The zero-order chi connectivity index (χ0) is 22.0. The smallest absolute Gasteiger partial charge is 0.255 e. The molecule has 0 atom stereocenters. The Labute approximate surface area is 182 Å². The second-order valence-electron chi connectivity index (χ2n) is 8.11. The van der Waals surface area contributed by atoms with Crippen LogP contribution in [0.3, 0.4) is 0 Å². The molecular weight excluding hydrogens is 396 g/mol. The predicted octanol–water partition coefficient (Wildman–Crippen LogP) is 2.14. The highest BCUT2D eigenvalue weighted by molar-refractivity contribution is 5.96. The molecule has 166 valence electrons. The molecule has 31 heavy (non-hydrogen) atoms. The third-order valence-corrected chi connectivity index (χ3v) is 6.19. The van der Waals surface area contributed by atoms with Crippen molar-refractivity contribution in [2.75, 3.05) is 49.8 Å². The molecule has 1 saturated heterocycles. The monoisotopic (exact) mass is 426 g/mol. The summed E-state index contributed by atoms with van der Waals surface area (Å²) in [7, 11) is 1.63. The van der Waals surface area contributed by atoms with E-state index >= 15 is 0 Å². The van der Waals surface area contributed by atoms with E-state index in [9.17, 15) is 9.59 Å². The molecule has 1 fully saturated rings. The summed E-state index contributed by atoms with van der Waals surface area (Å²) in [5.41, 5.74) is 4.29. The summed E-state index contributed by atoms with van der Waals surface area (Å²) in [6, 6.07) is 3.96. The second kappa shape index (κ2) is 9.09. The predicted molar refractivity (Wildman–Crippen MR) is 119 cm³/mol. The van der Waals surface area contributed by atoms with Gasteiger partial charge in [-0.1, -0.05) is 6.07 Å². The fraction of sp³-hybridized carbons (Fsp3) is 0.522. The summed E-state index contributed by atoms with van der Waals surface area (Å²) in [5.74, 6) is 1.30. The molecule has 0 spiro atoms. The van der Waals surface area contributed by atoms with E-state index in [1.54, 1.807) is 7.11 Å². The van der Waals surface area contributed by atoms with Crippen molar-refractivity contribution in [2.45, 2.75) is 39.5 Å². The Bertz CT molecular complexity index is 1030. The van der Waals surface area contributed by atoms with Gasteiger partial charge in [0.05, 0.1) is 26.0 Å². The molecule has 8 heteroatoms. The number of aromatic amines is 1. The lowest BCUT2D eigenvalue weighted by Gasteiger charge is -2.32. The number of ether oxygens (including phenoxy) is 2. The molecule has 1 amide bonds. The molecule has 4 rings (SSSR count). The molecule has 0 aliphatic carbocycles. The van der Waals surface area contributed by atoms with Gasteiger partial charge in [-0.05, 0) is 50.3 Å². The molecule has 8 nitrogen and oxygen atoms in total. The highest BCUT2D eigenvalue weighted by Gasteiger charge is 2.27. The second-order valence-corrected chi connectivity index (χ2v) is 8.11. The first kappa shape index (κ1) is 21.4. The quantitative estimate of drug-likeness (QED) is 0.788. The molecule has 1 aromatic carbocycles. The van der Waals surface area contributed by atoms with Crippen molar-refractivity contribution in [2.24, 2.45) is 0 Å². The van der Waals surface area contributed by atoms with Crippen LogP contribution < -0.4 is 20.1 Å². The van der Waals surface area contributed by atoms with Crippen molar-refractivity contribution in [3.8, 4) is 5.75 Å². The molecule has 1 N–H and O–H groups in total. The lowest BCUT2D eigenvalue weighted by Crippen LogP contribution is -2.39. The van der Waals surface area contributed by atoms with Gasteiger partial charge >= 0.3 is 0 Å². The first-order valence-electron chi connectivity index (χ1n) is 10.9. The van der Waals surface area contributed by atoms with Gasteiger partial charge in [-0.3, -0.25) is 14.6 Å². The van der Waals surface area contributed by atoms with Crippen LogP contribution in [0.4, 0.5) is 11.6 Å². The SMILES string of the molecule is COc1ccc(C)c2c1N(C(=O)CCc1c(C)nc(N3CCOCC3)[nH]c1=O)CCC2. The maximum absolute atomic E-state index is 13.2. The molecule has 0 saturated carbocycles. The number of hydrogen-bond acceptors (Lipinski definition) is 6. The van der Waals surface area contributed by atoms with Gasteiger partial charge in [0, 0.05) is 37.3 Å². The standard InChI is InChI=1S/C23H30N4O4/c1-15-6-8-19(30-3)21-17(15)5-4-10-27(21)20(28)9-7-18-16(2)24-23(25-22(18)29)26-11-13-31-14-12-26/h6,8H,4-5,7,9-14H2,1-3H3,(H,24,25,29). The first-order chi connectivity index (χ1) is 15.0. The van der Waals surface area contributed by atoms with Crippen LogP contribution in [0.1, 0.15) is 35.2 Å². The molecule has 2 aromatic rings. The molecule has 0 bridgehead atoms. The molecule has 0 radical (unpaired) electrons. The van der Waals surface area contributed by atoms with Crippen molar-refractivity contribution in [3.05, 3.63) is 44.9 Å². The van der Waals surface area contributed by atoms with Crippen LogP contribution in [0.25, 0.3) is 0 Å². The minimum Gasteiger partial charge on any atom is -0.495 e.